The van der Waals surface area contributed by atoms with Gasteiger partial charge in [0, 0.05) is 5.56 Å². The molecule has 0 aliphatic rings. The fourth-order valence-corrected chi connectivity index (χ4v) is 3.23. The van der Waals surface area contributed by atoms with Crippen LogP contribution in [0.3, 0.4) is 0 Å². The number of carboxylic acid groups (broad SMARTS) is 1. The van der Waals surface area contributed by atoms with Gasteiger partial charge in [-0.3, -0.25) is 0 Å². The molecule has 2 aromatic carbocycles. The third-order valence-electron chi connectivity index (χ3n) is 4.83. The molecule has 7 heteroatoms. The highest BCUT2D eigenvalue weighted by Crippen LogP contribution is 2.28. The number of hydrogen-bond acceptors (Lipinski definition) is 5. The molecule has 0 aliphatic heterocycles. The molecular weight excluding hydrogens is 406 g/mol. The third kappa shape index (κ3) is 5.34. The van der Waals surface area contributed by atoms with Crippen molar-refractivity contribution in [1.29, 1.82) is 0 Å². The highest BCUT2D eigenvalue weighted by Gasteiger charge is 2.14. The first kappa shape index (κ1) is 23.3. The standard InChI is InChI=1S/C23H25NO5.ClH/c1-15-18(5-4-6-19(15)23(25)26)20-10-8-17(29-20)14-24-12-11-16-7-9-21(27-2)22(13-16)28-3;/h4-10,13,24H,11-12,14H2,1-3H3,(H,25,26);1H. The number of rotatable bonds is 9. The van der Waals surface area contributed by atoms with Gasteiger partial charge < -0.3 is 24.3 Å². The number of furan rings is 1. The second-order valence-electron chi connectivity index (χ2n) is 6.67. The van der Waals surface area contributed by atoms with Crippen LogP contribution in [0.4, 0.5) is 0 Å². The summed E-state index contributed by atoms with van der Waals surface area (Å²) in [4.78, 5) is 11.3. The highest BCUT2D eigenvalue weighted by molar-refractivity contribution is 5.91. The van der Waals surface area contributed by atoms with Crippen LogP contribution in [0, 0.1) is 6.92 Å². The lowest BCUT2D eigenvalue weighted by Crippen LogP contribution is -2.16. The molecule has 0 amide bonds. The number of nitrogens with one attached hydrogen (secondary N) is 1. The van der Waals surface area contributed by atoms with E-state index >= 15 is 0 Å². The van der Waals surface area contributed by atoms with Crippen molar-refractivity contribution >= 4 is 18.4 Å². The van der Waals surface area contributed by atoms with E-state index in [0.717, 1.165) is 41.4 Å². The molecule has 1 heterocycles. The first-order valence-corrected chi connectivity index (χ1v) is 9.37. The molecule has 0 spiro atoms. The van der Waals surface area contributed by atoms with Crippen molar-refractivity contribution in [3.63, 3.8) is 0 Å². The Morgan fingerprint density at radius 1 is 1.07 bits per heavy atom. The summed E-state index contributed by atoms with van der Waals surface area (Å²) in [5.74, 6) is 1.97. The van der Waals surface area contributed by atoms with E-state index in [-0.39, 0.29) is 18.0 Å². The molecule has 0 fully saturated rings. The summed E-state index contributed by atoms with van der Waals surface area (Å²) >= 11 is 0. The molecule has 0 bridgehead atoms. The zero-order valence-electron chi connectivity index (χ0n) is 17.2. The molecule has 160 valence electrons. The van der Waals surface area contributed by atoms with Crippen LogP contribution < -0.4 is 14.8 Å². The van der Waals surface area contributed by atoms with Gasteiger partial charge in [-0.2, -0.15) is 0 Å². The van der Waals surface area contributed by atoms with Gasteiger partial charge in [-0.15, -0.1) is 12.4 Å². The highest BCUT2D eigenvalue weighted by atomic mass is 35.5. The largest absolute Gasteiger partial charge is 0.493 e. The zero-order chi connectivity index (χ0) is 20.8. The van der Waals surface area contributed by atoms with Gasteiger partial charge >= 0.3 is 5.97 Å². The van der Waals surface area contributed by atoms with E-state index in [2.05, 4.69) is 5.32 Å². The lowest BCUT2D eigenvalue weighted by molar-refractivity contribution is 0.0696. The normalized spacial score (nSPS) is 10.4. The predicted octanol–water partition coefficient (Wildman–Crippen LogP) is 4.72. The molecule has 30 heavy (non-hydrogen) atoms. The molecule has 1 aromatic heterocycles. The van der Waals surface area contributed by atoms with Crippen LogP contribution in [-0.4, -0.2) is 31.8 Å². The Morgan fingerprint density at radius 2 is 1.83 bits per heavy atom. The van der Waals surface area contributed by atoms with E-state index in [1.54, 1.807) is 33.3 Å². The number of hydrogen-bond donors (Lipinski definition) is 2. The summed E-state index contributed by atoms with van der Waals surface area (Å²) in [7, 11) is 3.25. The molecule has 0 radical (unpaired) electrons. The maximum absolute atomic E-state index is 11.3. The fraction of sp³-hybridized carbons (Fsp3) is 0.261. The lowest BCUT2D eigenvalue weighted by Gasteiger charge is -2.10. The Hall–Kier alpha value is -2.96. The molecular formula is C23H26ClNO5. The molecule has 0 aliphatic carbocycles. The van der Waals surface area contributed by atoms with E-state index in [1.165, 1.54) is 0 Å². The van der Waals surface area contributed by atoms with Crippen LogP contribution in [0.1, 0.15) is 27.2 Å². The van der Waals surface area contributed by atoms with Crippen LogP contribution in [0.5, 0.6) is 11.5 Å². The second-order valence-corrected chi connectivity index (χ2v) is 6.67. The summed E-state index contributed by atoms with van der Waals surface area (Å²) in [5, 5.41) is 12.7. The van der Waals surface area contributed by atoms with E-state index in [0.29, 0.717) is 17.9 Å². The van der Waals surface area contributed by atoms with Crippen molar-refractivity contribution in [2.24, 2.45) is 0 Å². The lowest BCUT2D eigenvalue weighted by atomic mass is 10.0. The summed E-state index contributed by atoms with van der Waals surface area (Å²) < 4.78 is 16.5. The minimum atomic E-state index is -0.937. The Bertz CT molecular complexity index is 999. The number of aromatic carboxylic acids is 1. The van der Waals surface area contributed by atoms with Gasteiger partial charge in [0.05, 0.1) is 26.3 Å². The number of carboxylic acids is 1. The maximum Gasteiger partial charge on any atom is 0.335 e. The van der Waals surface area contributed by atoms with Crippen LogP contribution in [0.15, 0.2) is 52.9 Å². The number of carbonyl (C=O) groups is 1. The van der Waals surface area contributed by atoms with Gasteiger partial charge in [0.1, 0.15) is 11.5 Å². The summed E-state index contributed by atoms with van der Waals surface area (Å²) in [6.45, 7) is 3.16. The number of halogens is 1. The summed E-state index contributed by atoms with van der Waals surface area (Å²) in [6.07, 6.45) is 0.841. The number of benzene rings is 2. The van der Waals surface area contributed by atoms with Crippen molar-refractivity contribution in [3.8, 4) is 22.8 Å². The second kappa shape index (κ2) is 10.7. The van der Waals surface area contributed by atoms with Crippen molar-refractivity contribution in [3.05, 3.63) is 71.0 Å². The third-order valence-corrected chi connectivity index (χ3v) is 4.83. The minimum Gasteiger partial charge on any atom is -0.493 e. The molecule has 0 saturated carbocycles. The molecule has 0 atom stereocenters. The van der Waals surface area contributed by atoms with Crippen molar-refractivity contribution in [1.82, 2.24) is 5.32 Å². The molecule has 6 nitrogen and oxygen atoms in total. The van der Waals surface area contributed by atoms with Gasteiger partial charge in [0.25, 0.3) is 0 Å². The molecule has 3 aromatic rings. The Kier molecular flexibility index (Phi) is 8.33. The van der Waals surface area contributed by atoms with Crippen molar-refractivity contribution < 1.29 is 23.8 Å². The quantitative estimate of drug-likeness (QED) is 0.477. The van der Waals surface area contributed by atoms with Crippen LogP contribution >= 0.6 is 12.4 Å². The minimum absolute atomic E-state index is 0. The van der Waals surface area contributed by atoms with Gasteiger partial charge in [-0.1, -0.05) is 18.2 Å². The first-order valence-electron chi connectivity index (χ1n) is 9.37. The van der Waals surface area contributed by atoms with Crippen LogP contribution in [0.2, 0.25) is 0 Å². The molecule has 2 N–H and O–H groups in total. The van der Waals surface area contributed by atoms with Gasteiger partial charge in [0.15, 0.2) is 11.5 Å². The SMILES string of the molecule is COc1ccc(CCNCc2ccc(-c3cccc(C(=O)O)c3C)o2)cc1OC.Cl. The average Bonchev–Trinajstić information content (AvgIpc) is 3.19. The monoisotopic (exact) mass is 431 g/mol. The average molecular weight is 432 g/mol. The van der Waals surface area contributed by atoms with Crippen LogP contribution in [-0.2, 0) is 13.0 Å². The van der Waals surface area contributed by atoms with Gasteiger partial charge in [-0.05, 0) is 61.3 Å². The summed E-state index contributed by atoms with van der Waals surface area (Å²) in [6, 6.07) is 14.9. The Balaban J connectivity index is 0.00000320. The van der Waals surface area contributed by atoms with Crippen molar-refractivity contribution in [2.75, 3.05) is 20.8 Å². The molecule has 0 saturated heterocycles. The Labute approximate surface area is 182 Å². The van der Waals surface area contributed by atoms with E-state index in [9.17, 15) is 9.90 Å². The fourth-order valence-electron chi connectivity index (χ4n) is 3.23. The smallest absolute Gasteiger partial charge is 0.335 e. The molecule has 3 rings (SSSR count). The predicted molar refractivity (Wildman–Crippen MR) is 118 cm³/mol. The van der Waals surface area contributed by atoms with E-state index < -0.39 is 5.97 Å². The Morgan fingerprint density at radius 3 is 2.53 bits per heavy atom. The van der Waals surface area contributed by atoms with Crippen LogP contribution in [0.25, 0.3) is 11.3 Å². The van der Waals surface area contributed by atoms with E-state index in [1.807, 2.05) is 36.4 Å². The van der Waals surface area contributed by atoms with Gasteiger partial charge in [-0.25, -0.2) is 4.79 Å². The van der Waals surface area contributed by atoms with Gasteiger partial charge in [0.2, 0.25) is 0 Å². The maximum atomic E-state index is 11.3. The molecule has 0 unspecified atom stereocenters. The summed E-state index contributed by atoms with van der Waals surface area (Å²) in [5.41, 5.74) is 2.92. The first-order chi connectivity index (χ1) is 14.0. The number of ether oxygens (including phenoxy) is 2. The topological polar surface area (TPSA) is 80.9 Å². The van der Waals surface area contributed by atoms with E-state index in [4.69, 9.17) is 13.9 Å². The zero-order valence-corrected chi connectivity index (χ0v) is 18.0. The number of methoxy groups -OCH3 is 2. The van der Waals surface area contributed by atoms with Crippen molar-refractivity contribution in [2.45, 2.75) is 19.9 Å².